The first-order valence-corrected chi connectivity index (χ1v) is 7.14. The number of benzene rings is 1. The van der Waals surface area contributed by atoms with Gasteiger partial charge in [0.05, 0.1) is 5.69 Å². The topological polar surface area (TPSA) is 51.8 Å². The molecule has 1 aromatic heterocycles. The Morgan fingerprint density at radius 1 is 1.10 bits per heavy atom. The Hall–Kier alpha value is -1.90. The molecule has 0 amide bonds. The Kier molecular flexibility index (Phi) is 4.07. The van der Waals surface area contributed by atoms with Crippen LogP contribution in [0.3, 0.4) is 0 Å². The molecular weight excluding hydrogens is 246 g/mol. The second-order valence-corrected chi connectivity index (χ2v) is 6.20. The van der Waals surface area contributed by atoms with Crippen LogP contribution in [0.15, 0.2) is 30.3 Å². The molecule has 3 heteroatoms. The second kappa shape index (κ2) is 5.61. The highest BCUT2D eigenvalue weighted by molar-refractivity contribution is 5.62. The van der Waals surface area contributed by atoms with Gasteiger partial charge in [-0.1, -0.05) is 52.3 Å². The average Bonchev–Trinajstić information content (AvgIpc) is 2.38. The van der Waals surface area contributed by atoms with Crippen LogP contribution in [-0.2, 0) is 11.8 Å². The van der Waals surface area contributed by atoms with Crippen LogP contribution in [-0.4, -0.2) is 9.97 Å². The van der Waals surface area contributed by atoms with Gasteiger partial charge in [-0.3, -0.25) is 0 Å². The zero-order valence-corrected chi connectivity index (χ0v) is 12.8. The summed E-state index contributed by atoms with van der Waals surface area (Å²) in [7, 11) is 0. The van der Waals surface area contributed by atoms with Gasteiger partial charge in [0.1, 0.15) is 11.6 Å². The van der Waals surface area contributed by atoms with Crippen molar-refractivity contribution in [3.8, 4) is 11.3 Å². The Morgan fingerprint density at radius 3 is 2.50 bits per heavy atom. The highest BCUT2D eigenvalue weighted by Crippen LogP contribution is 2.25. The zero-order chi connectivity index (χ0) is 14.8. The maximum absolute atomic E-state index is 5.94. The van der Waals surface area contributed by atoms with Gasteiger partial charge in [0.2, 0.25) is 0 Å². The normalized spacial score (nSPS) is 11.6. The predicted octanol–water partition coefficient (Wildman–Crippen LogP) is 3.98. The lowest BCUT2D eigenvalue weighted by molar-refractivity contribution is 0.547. The third kappa shape index (κ3) is 3.35. The van der Waals surface area contributed by atoms with Gasteiger partial charge in [0, 0.05) is 17.0 Å². The minimum absolute atomic E-state index is 0.106. The average molecular weight is 269 g/mol. The molecule has 106 valence electrons. The lowest BCUT2D eigenvalue weighted by atomic mass is 9.95. The molecular formula is C17H23N3. The van der Waals surface area contributed by atoms with E-state index >= 15 is 0 Å². The van der Waals surface area contributed by atoms with E-state index in [2.05, 4.69) is 61.9 Å². The first kappa shape index (κ1) is 14.5. The van der Waals surface area contributed by atoms with Gasteiger partial charge in [-0.2, -0.15) is 0 Å². The SMILES string of the molecule is CCCc1cccc(-c2cc(N)nc(C(C)(C)C)n2)c1. The molecule has 0 atom stereocenters. The second-order valence-electron chi connectivity index (χ2n) is 6.20. The molecule has 3 nitrogen and oxygen atoms in total. The summed E-state index contributed by atoms with van der Waals surface area (Å²) in [6.45, 7) is 8.48. The zero-order valence-electron chi connectivity index (χ0n) is 12.8. The van der Waals surface area contributed by atoms with Crippen LogP contribution in [0.4, 0.5) is 5.82 Å². The Morgan fingerprint density at radius 2 is 1.85 bits per heavy atom. The number of nitrogen functional groups attached to an aromatic ring is 1. The molecule has 0 saturated carbocycles. The van der Waals surface area contributed by atoms with Gasteiger partial charge in [-0.25, -0.2) is 9.97 Å². The lowest BCUT2D eigenvalue weighted by Crippen LogP contribution is -2.17. The number of aromatic nitrogens is 2. The van der Waals surface area contributed by atoms with E-state index in [0.717, 1.165) is 29.9 Å². The molecule has 0 unspecified atom stereocenters. The van der Waals surface area contributed by atoms with E-state index in [0.29, 0.717) is 5.82 Å². The van der Waals surface area contributed by atoms with Gasteiger partial charge >= 0.3 is 0 Å². The summed E-state index contributed by atoms with van der Waals surface area (Å²) in [6.07, 6.45) is 2.23. The molecule has 2 rings (SSSR count). The van der Waals surface area contributed by atoms with Gasteiger partial charge in [-0.05, 0) is 18.1 Å². The van der Waals surface area contributed by atoms with E-state index < -0.39 is 0 Å². The molecule has 0 saturated heterocycles. The van der Waals surface area contributed by atoms with E-state index in [-0.39, 0.29) is 5.41 Å². The van der Waals surface area contributed by atoms with Crippen LogP contribution in [0.5, 0.6) is 0 Å². The molecule has 0 bridgehead atoms. The molecule has 2 aromatic rings. The smallest absolute Gasteiger partial charge is 0.136 e. The number of anilines is 1. The van der Waals surface area contributed by atoms with Crippen LogP contribution in [0, 0.1) is 0 Å². The summed E-state index contributed by atoms with van der Waals surface area (Å²) in [4.78, 5) is 9.04. The van der Waals surface area contributed by atoms with Crippen molar-refractivity contribution < 1.29 is 0 Å². The van der Waals surface area contributed by atoms with Crippen molar-refractivity contribution >= 4 is 5.82 Å². The van der Waals surface area contributed by atoms with Gasteiger partial charge in [-0.15, -0.1) is 0 Å². The van der Waals surface area contributed by atoms with Crippen LogP contribution in [0.2, 0.25) is 0 Å². The third-order valence-electron chi connectivity index (χ3n) is 3.18. The third-order valence-corrected chi connectivity index (χ3v) is 3.18. The Balaban J connectivity index is 2.47. The van der Waals surface area contributed by atoms with E-state index in [1.165, 1.54) is 5.56 Å². The van der Waals surface area contributed by atoms with Crippen molar-refractivity contribution in [3.63, 3.8) is 0 Å². The number of hydrogen-bond donors (Lipinski definition) is 1. The van der Waals surface area contributed by atoms with Crippen molar-refractivity contribution in [2.45, 2.75) is 46.0 Å². The van der Waals surface area contributed by atoms with Crippen molar-refractivity contribution in [1.82, 2.24) is 9.97 Å². The minimum Gasteiger partial charge on any atom is -0.384 e. The summed E-state index contributed by atoms with van der Waals surface area (Å²) >= 11 is 0. The van der Waals surface area contributed by atoms with Crippen molar-refractivity contribution in [1.29, 1.82) is 0 Å². The number of rotatable bonds is 3. The number of aryl methyl sites for hydroxylation is 1. The molecule has 20 heavy (non-hydrogen) atoms. The first-order valence-electron chi connectivity index (χ1n) is 7.14. The quantitative estimate of drug-likeness (QED) is 0.917. The molecule has 0 aliphatic carbocycles. The summed E-state index contributed by atoms with van der Waals surface area (Å²) in [5.41, 5.74) is 9.18. The number of hydrogen-bond acceptors (Lipinski definition) is 3. The van der Waals surface area contributed by atoms with Gasteiger partial charge in [0.15, 0.2) is 0 Å². The van der Waals surface area contributed by atoms with Crippen LogP contribution >= 0.6 is 0 Å². The highest BCUT2D eigenvalue weighted by Gasteiger charge is 2.19. The molecule has 1 aromatic carbocycles. The molecule has 2 N–H and O–H groups in total. The van der Waals surface area contributed by atoms with Crippen LogP contribution in [0.25, 0.3) is 11.3 Å². The van der Waals surface area contributed by atoms with Crippen molar-refractivity contribution in [3.05, 3.63) is 41.7 Å². The van der Waals surface area contributed by atoms with Crippen molar-refractivity contribution in [2.75, 3.05) is 5.73 Å². The Bertz CT molecular complexity index is 597. The fourth-order valence-corrected chi connectivity index (χ4v) is 2.12. The highest BCUT2D eigenvalue weighted by atomic mass is 15.0. The number of nitrogens with two attached hydrogens (primary N) is 1. The monoisotopic (exact) mass is 269 g/mol. The van der Waals surface area contributed by atoms with Gasteiger partial charge in [0.25, 0.3) is 0 Å². The van der Waals surface area contributed by atoms with E-state index in [1.807, 2.05) is 6.07 Å². The number of nitrogens with zero attached hydrogens (tertiary/aromatic N) is 2. The molecule has 0 fully saturated rings. The standard InChI is InChI=1S/C17H23N3/c1-5-7-12-8-6-9-13(10-12)14-11-15(18)20-16(19-14)17(2,3)4/h6,8-11H,5,7H2,1-4H3,(H2,18,19,20). The van der Waals surface area contributed by atoms with E-state index in [4.69, 9.17) is 5.73 Å². The van der Waals surface area contributed by atoms with E-state index in [9.17, 15) is 0 Å². The fourth-order valence-electron chi connectivity index (χ4n) is 2.12. The van der Waals surface area contributed by atoms with Crippen LogP contribution in [0.1, 0.15) is 45.5 Å². The molecule has 0 aliphatic rings. The minimum atomic E-state index is -0.106. The molecule has 0 aliphatic heterocycles. The fraction of sp³-hybridized carbons (Fsp3) is 0.412. The molecule has 1 heterocycles. The largest absolute Gasteiger partial charge is 0.384 e. The summed E-state index contributed by atoms with van der Waals surface area (Å²) in [5.74, 6) is 1.31. The summed E-state index contributed by atoms with van der Waals surface area (Å²) in [6, 6.07) is 10.4. The van der Waals surface area contributed by atoms with Crippen molar-refractivity contribution in [2.24, 2.45) is 0 Å². The lowest BCUT2D eigenvalue weighted by Gasteiger charge is -2.18. The summed E-state index contributed by atoms with van der Waals surface area (Å²) < 4.78 is 0. The molecule has 0 spiro atoms. The Labute approximate surface area is 121 Å². The summed E-state index contributed by atoms with van der Waals surface area (Å²) in [5, 5.41) is 0. The predicted molar refractivity (Wildman–Crippen MR) is 84.6 cm³/mol. The van der Waals surface area contributed by atoms with E-state index in [1.54, 1.807) is 0 Å². The molecule has 0 radical (unpaired) electrons. The maximum Gasteiger partial charge on any atom is 0.136 e. The van der Waals surface area contributed by atoms with Crippen LogP contribution < -0.4 is 5.73 Å². The maximum atomic E-state index is 5.94. The first-order chi connectivity index (χ1) is 9.40. The van der Waals surface area contributed by atoms with Gasteiger partial charge < -0.3 is 5.73 Å².